The van der Waals surface area contributed by atoms with Crippen LogP contribution in [0.25, 0.3) is 0 Å². The van der Waals surface area contributed by atoms with Gasteiger partial charge in [-0.05, 0) is 48.9 Å². The largest absolute Gasteiger partial charge is 0.493 e. The lowest BCUT2D eigenvalue weighted by Crippen LogP contribution is -2.31. The molecular weight excluding hydrogens is 497 g/mol. The van der Waals surface area contributed by atoms with E-state index < -0.39 is 11.9 Å². The predicted molar refractivity (Wildman–Crippen MR) is 138 cm³/mol. The van der Waals surface area contributed by atoms with E-state index in [9.17, 15) is 9.18 Å². The van der Waals surface area contributed by atoms with Gasteiger partial charge in [-0.25, -0.2) is 9.07 Å². The molecule has 0 radical (unpaired) electrons. The molecule has 0 aliphatic carbocycles. The second-order valence-corrected chi connectivity index (χ2v) is 8.72. The van der Waals surface area contributed by atoms with Crippen LogP contribution in [0.3, 0.4) is 0 Å². The first-order valence-corrected chi connectivity index (χ1v) is 11.8. The number of hydrogen-bond acceptors (Lipinski definition) is 6. The monoisotopic (exact) mass is 519 g/mol. The highest BCUT2D eigenvalue weighted by molar-refractivity contribution is 6.31. The van der Waals surface area contributed by atoms with Crippen molar-refractivity contribution in [3.05, 3.63) is 106 Å². The number of allylic oxidation sites excluding steroid dienone is 1. The number of anilines is 2. The Labute approximate surface area is 217 Å². The Kier molecular flexibility index (Phi) is 6.78. The number of fused-ring (bicyclic) bond motifs is 1. The second kappa shape index (κ2) is 10.3. The van der Waals surface area contributed by atoms with Crippen LogP contribution in [0, 0.1) is 5.82 Å². The van der Waals surface area contributed by atoms with Gasteiger partial charge in [0, 0.05) is 16.9 Å². The molecule has 5 rings (SSSR count). The van der Waals surface area contributed by atoms with Gasteiger partial charge in [-0.15, -0.1) is 0 Å². The number of hydrogen-bond donors (Lipinski definition) is 2. The molecular formula is C27H23ClFN5O3. The molecule has 10 heteroatoms. The van der Waals surface area contributed by atoms with Crippen molar-refractivity contribution in [1.82, 2.24) is 14.8 Å². The summed E-state index contributed by atoms with van der Waals surface area (Å²) < 4.78 is 27.3. The zero-order valence-corrected chi connectivity index (χ0v) is 20.8. The molecule has 0 spiro atoms. The van der Waals surface area contributed by atoms with Crippen molar-refractivity contribution in [3.63, 3.8) is 0 Å². The van der Waals surface area contributed by atoms with Crippen molar-refractivity contribution in [1.29, 1.82) is 0 Å². The molecule has 188 valence electrons. The van der Waals surface area contributed by atoms with Gasteiger partial charge in [0.15, 0.2) is 11.5 Å². The molecule has 0 saturated carbocycles. The summed E-state index contributed by atoms with van der Waals surface area (Å²) in [5.74, 6) is 0.578. The lowest BCUT2D eigenvalue weighted by atomic mass is 9.94. The highest BCUT2D eigenvalue weighted by Crippen LogP contribution is 2.39. The van der Waals surface area contributed by atoms with E-state index in [1.54, 1.807) is 22.9 Å². The van der Waals surface area contributed by atoms with Gasteiger partial charge < -0.3 is 20.1 Å². The average Bonchev–Trinajstić information content (AvgIpc) is 3.36. The molecule has 1 amide bonds. The minimum Gasteiger partial charge on any atom is -0.493 e. The number of nitrogens with one attached hydrogen (secondary N) is 2. The van der Waals surface area contributed by atoms with Gasteiger partial charge in [-0.3, -0.25) is 4.79 Å². The van der Waals surface area contributed by atoms with Gasteiger partial charge >= 0.3 is 0 Å². The van der Waals surface area contributed by atoms with E-state index in [-0.39, 0.29) is 23.1 Å². The molecule has 0 saturated heterocycles. The predicted octanol–water partition coefficient (Wildman–Crippen LogP) is 5.59. The molecule has 8 nitrogen and oxygen atoms in total. The molecule has 2 heterocycles. The maximum Gasteiger partial charge on any atom is 0.255 e. The third kappa shape index (κ3) is 4.85. The fourth-order valence-corrected chi connectivity index (χ4v) is 4.42. The van der Waals surface area contributed by atoms with Crippen LogP contribution in [0.2, 0.25) is 5.02 Å². The van der Waals surface area contributed by atoms with E-state index in [1.165, 1.54) is 25.6 Å². The summed E-state index contributed by atoms with van der Waals surface area (Å²) in [6.07, 6.45) is 1.42. The zero-order valence-electron chi connectivity index (χ0n) is 20.0. The summed E-state index contributed by atoms with van der Waals surface area (Å²) in [5.41, 5.74) is 2.76. The van der Waals surface area contributed by atoms with Crippen molar-refractivity contribution in [3.8, 4) is 11.5 Å². The van der Waals surface area contributed by atoms with Gasteiger partial charge in [0.25, 0.3) is 5.91 Å². The lowest BCUT2D eigenvalue weighted by molar-refractivity contribution is -0.113. The van der Waals surface area contributed by atoms with Gasteiger partial charge in [-0.2, -0.15) is 10.1 Å². The molecule has 1 aliphatic rings. The highest BCUT2D eigenvalue weighted by Gasteiger charge is 2.34. The highest BCUT2D eigenvalue weighted by atomic mass is 35.5. The number of carbonyl (C=O) groups excluding carboxylic acids is 1. The van der Waals surface area contributed by atoms with Crippen LogP contribution in [0.4, 0.5) is 16.0 Å². The number of halogens is 2. The van der Waals surface area contributed by atoms with Gasteiger partial charge in [0.05, 0.1) is 17.7 Å². The number of rotatable bonds is 7. The number of amides is 1. The van der Waals surface area contributed by atoms with Crippen molar-refractivity contribution in [2.24, 2.45) is 0 Å². The van der Waals surface area contributed by atoms with Crippen molar-refractivity contribution < 1.29 is 18.7 Å². The van der Waals surface area contributed by atoms with Crippen molar-refractivity contribution in [2.45, 2.75) is 19.6 Å². The summed E-state index contributed by atoms with van der Waals surface area (Å²) >= 11 is 6.13. The standard InChI is InChI=1S/C27H23ClFN5O3/c1-16-24(26(35)33-18-7-4-3-5-8-18)25(34-27(32-16)30-15-31-34)17-11-12-22(23(13-17)36-2)37-14-19-20(28)9-6-10-21(19)29/h3-13,15,25H,14H2,1-2H3,(H,33,35)(H,30,31,32)/t25-/m0/s1. The smallest absolute Gasteiger partial charge is 0.255 e. The Morgan fingerprint density at radius 2 is 1.95 bits per heavy atom. The normalized spacial score (nSPS) is 14.5. The Hall–Kier alpha value is -4.37. The summed E-state index contributed by atoms with van der Waals surface area (Å²) in [4.78, 5) is 17.7. The van der Waals surface area contributed by atoms with Crippen LogP contribution in [-0.2, 0) is 11.4 Å². The summed E-state index contributed by atoms with van der Waals surface area (Å²) in [6.45, 7) is 1.74. The number of ether oxygens (including phenoxy) is 2. The topological polar surface area (TPSA) is 90.3 Å². The van der Waals surface area contributed by atoms with E-state index in [2.05, 4.69) is 20.7 Å². The minimum absolute atomic E-state index is 0.0778. The first-order chi connectivity index (χ1) is 18.0. The van der Waals surface area contributed by atoms with Crippen LogP contribution in [0.5, 0.6) is 11.5 Å². The first-order valence-electron chi connectivity index (χ1n) is 11.4. The maximum atomic E-state index is 14.2. The van der Waals surface area contributed by atoms with Gasteiger partial charge in [0.1, 0.15) is 24.8 Å². The SMILES string of the molecule is COc1cc([C@H]2C(C(=O)Nc3ccccc3)=C(C)Nc3ncnn32)ccc1OCc1c(F)cccc1Cl. The first kappa shape index (κ1) is 24.3. The molecule has 4 aromatic rings. The van der Waals surface area contributed by atoms with E-state index in [4.69, 9.17) is 21.1 Å². The molecule has 1 atom stereocenters. The van der Waals surface area contributed by atoms with Crippen LogP contribution in [0.1, 0.15) is 24.1 Å². The summed E-state index contributed by atoms with van der Waals surface area (Å²) in [7, 11) is 1.51. The van der Waals surface area contributed by atoms with Gasteiger partial charge in [-0.1, -0.05) is 41.9 Å². The molecule has 37 heavy (non-hydrogen) atoms. The van der Waals surface area contributed by atoms with Crippen LogP contribution in [0.15, 0.2) is 84.3 Å². The van der Waals surface area contributed by atoms with E-state index in [0.717, 1.165) is 5.56 Å². The number of nitrogens with zero attached hydrogens (tertiary/aromatic N) is 3. The number of benzene rings is 3. The second-order valence-electron chi connectivity index (χ2n) is 8.31. The lowest BCUT2D eigenvalue weighted by Gasteiger charge is -2.29. The molecule has 1 aromatic heterocycles. The minimum atomic E-state index is -0.591. The Balaban J connectivity index is 1.48. The van der Waals surface area contributed by atoms with Crippen LogP contribution < -0.4 is 20.1 Å². The van der Waals surface area contributed by atoms with Crippen LogP contribution >= 0.6 is 11.6 Å². The number of para-hydroxylation sites is 1. The Morgan fingerprint density at radius 1 is 1.14 bits per heavy atom. The molecule has 2 N–H and O–H groups in total. The number of methoxy groups -OCH3 is 1. The molecule has 0 fully saturated rings. The van der Waals surface area contributed by atoms with Crippen LogP contribution in [-0.4, -0.2) is 27.8 Å². The van der Waals surface area contributed by atoms with E-state index in [0.29, 0.717) is 34.4 Å². The van der Waals surface area contributed by atoms with Crippen molar-refractivity contribution >= 4 is 29.1 Å². The summed E-state index contributed by atoms with van der Waals surface area (Å²) in [5, 5.41) is 10.7. The maximum absolute atomic E-state index is 14.2. The fourth-order valence-electron chi connectivity index (χ4n) is 4.21. The quantitative estimate of drug-likeness (QED) is 0.331. The Morgan fingerprint density at radius 3 is 2.70 bits per heavy atom. The Bertz CT molecular complexity index is 1470. The number of carbonyl (C=O) groups is 1. The third-order valence-electron chi connectivity index (χ3n) is 6.01. The van der Waals surface area contributed by atoms with E-state index >= 15 is 0 Å². The fraction of sp³-hybridized carbons (Fsp3) is 0.148. The number of aromatic nitrogens is 3. The molecule has 3 aromatic carbocycles. The average molecular weight is 520 g/mol. The van der Waals surface area contributed by atoms with Gasteiger partial charge in [0.2, 0.25) is 5.95 Å². The molecule has 0 bridgehead atoms. The zero-order chi connectivity index (χ0) is 25.9. The molecule has 1 aliphatic heterocycles. The summed E-state index contributed by atoms with van der Waals surface area (Å²) in [6, 6.07) is 18.4. The van der Waals surface area contributed by atoms with E-state index in [1.807, 2.05) is 43.3 Å². The van der Waals surface area contributed by atoms with Crippen molar-refractivity contribution in [2.75, 3.05) is 17.7 Å². The molecule has 0 unspecified atom stereocenters. The third-order valence-corrected chi connectivity index (χ3v) is 6.36.